The third-order valence-electron chi connectivity index (χ3n) is 5.23. The first-order chi connectivity index (χ1) is 13.8. The Morgan fingerprint density at radius 1 is 1.21 bits per heavy atom. The fourth-order valence-electron chi connectivity index (χ4n) is 3.58. The van der Waals surface area contributed by atoms with Crippen LogP contribution in [-0.4, -0.2) is 39.9 Å². The number of hydrogen-bond acceptors (Lipinski definition) is 4. The van der Waals surface area contributed by atoms with E-state index in [1.54, 1.807) is 6.07 Å². The highest BCUT2D eigenvalue weighted by Crippen LogP contribution is 2.36. The fraction of sp³-hybridized carbons (Fsp3) is 0.450. The van der Waals surface area contributed by atoms with Gasteiger partial charge in [0.1, 0.15) is 0 Å². The number of hydrogen-bond donors (Lipinski definition) is 0. The molecule has 0 N–H and O–H groups in total. The van der Waals surface area contributed by atoms with Gasteiger partial charge < -0.3 is 9.80 Å². The lowest BCUT2D eigenvalue weighted by Crippen LogP contribution is -2.34. The van der Waals surface area contributed by atoms with Crippen molar-refractivity contribution in [3.8, 4) is 0 Å². The van der Waals surface area contributed by atoms with E-state index in [4.69, 9.17) is 11.6 Å². The molecule has 1 aliphatic heterocycles. The molecular weight excluding hydrogens is 405 g/mol. The molecule has 1 aromatic heterocycles. The van der Waals surface area contributed by atoms with E-state index in [1.807, 2.05) is 4.90 Å². The summed E-state index contributed by atoms with van der Waals surface area (Å²) >= 11 is 6.20. The van der Waals surface area contributed by atoms with E-state index in [2.05, 4.69) is 9.97 Å². The average molecular weight is 425 g/mol. The minimum Gasteiger partial charge on any atom is -0.341 e. The van der Waals surface area contributed by atoms with Crippen LogP contribution in [0.5, 0.6) is 0 Å². The molecule has 29 heavy (non-hydrogen) atoms. The minimum absolute atomic E-state index is 0.0416. The SMILES string of the molecule is O=C(c1nc(N2CCCC2)ncc1Cl)N(Cc1ccccc1C(F)(F)F)C1CC1. The molecule has 0 unspecified atom stereocenters. The van der Waals surface area contributed by atoms with Gasteiger partial charge in [-0.25, -0.2) is 9.97 Å². The second-order valence-electron chi connectivity index (χ2n) is 7.38. The Bertz CT molecular complexity index is 911. The highest BCUT2D eigenvalue weighted by molar-refractivity contribution is 6.33. The van der Waals surface area contributed by atoms with E-state index in [0.29, 0.717) is 5.95 Å². The van der Waals surface area contributed by atoms with Gasteiger partial charge in [0.05, 0.1) is 16.8 Å². The molecule has 4 rings (SSSR count). The van der Waals surface area contributed by atoms with Crippen molar-refractivity contribution in [2.45, 2.75) is 44.4 Å². The smallest absolute Gasteiger partial charge is 0.341 e. The van der Waals surface area contributed by atoms with Crippen LogP contribution in [0.15, 0.2) is 30.5 Å². The van der Waals surface area contributed by atoms with Gasteiger partial charge in [0.2, 0.25) is 5.95 Å². The van der Waals surface area contributed by atoms with Gasteiger partial charge in [-0.2, -0.15) is 13.2 Å². The molecule has 2 aromatic rings. The largest absolute Gasteiger partial charge is 0.416 e. The molecule has 2 aliphatic rings. The molecule has 1 saturated heterocycles. The van der Waals surface area contributed by atoms with E-state index >= 15 is 0 Å². The lowest BCUT2D eigenvalue weighted by molar-refractivity contribution is -0.138. The summed E-state index contributed by atoms with van der Waals surface area (Å²) in [6, 6.07) is 5.23. The van der Waals surface area contributed by atoms with E-state index in [9.17, 15) is 18.0 Å². The zero-order chi connectivity index (χ0) is 20.6. The first-order valence-corrected chi connectivity index (χ1v) is 9.96. The average Bonchev–Trinajstić information content (AvgIpc) is 3.38. The maximum Gasteiger partial charge on any atom is 0.416 e. The summed E-state index contributed by atoms with van der Waals surface area (Å²) in [5.41, 5.74) is -0.629. The molecule has 154 valence electrons. The summed E-state index contributed by atoms with van der Waals surface area (Å²) in [5, 5.41) is 0.104. The van der Waals surface area contributed by atoms with E-state index in [-0.39, 0.29) is 28.9 Å². The molecule has 2 heterocycles. The van der Waals surface area contributed by atoms with Crippen LogP contribution in [-0.2, 0) is 12.7 Å². The van der Waals surface area contributed by atoms with E-state index < -0.39 is 17.6 Å². The zero-order valence-electron chi connectivity index (χ0n) is 15.6. The van der Waals surface area contributed by atoms with Gasteiger partial charge in [0, 0.05) is 25.7 Å². The number of carbonyl (C=O) groups excluding carboxylic acids is 1. The van der Waals surface area contributed by atoms with Crippen LogP contribution in [0.2, 0.25) is 5.02 Å². The number of anilines is 1. The molecule has 1 aromatic carbocycles. The summed E-state index contributed by atoms with van der Waals surface area (Å²) in [7, 11) is 0. The Kier molecular flexibility index (Phi) is 5.38. The van der Waals surface area contributed by atoms with Crippen LogP contribution in [0.4, 0.5) is 19.1 Å². The lowest BCUT2D eigenvalue weighted by Gasteiger charge is -2.25. The Labute approximate surface area is 171 Å². The van der Waals surface area contributed by atoms with Crippen LogP contribution in [0.3, 0.4) is 0 Å². The molecule has 0 atom stereocenters. The van der Waals surface area contributed by atoms with Gasteiger partial charge in [-0.3, -0.25) is 4.79 Å². The normalized spacial score (nSPS) is 16.9. The number of amides is 1. The first kappa shape index (κ1) is 19.9. The summed E-state index contributed by atoms with van der Waals surface area (Å²) in [5.74, 6) is -0.0287. The van der Waals surface area contributed by atoms with Crippen LogP contribution >= 0.6 is 11.6 Å². The van der Waals surface area contributed by atoms with Gasteiger partial charge in [-0.05, 0) is 37.3 Å². The van der Waals surface area contributed by atoms with Crippen molar-refractivity contribution in [3.05, 3.63) is 52.3 Å². The predicted octanol–water partition coefficient (Wildman–Crippen LogP) is 4.55. The van der Waals surface area contributed by atoms with Crippen LogP contribution in [0.1, 0.15) is 47.3 Å². The lowest BCUT2D eigenvalue weighted by atomic mass is 10.1. The topological polar surface area (TPSA) is 49.3 Å². The van der Waals surface area contributed by atoms with Crippen molar-refractivity contribution in [1.82, 2.24) is 14.9 Å². The van der Waals surface area contributed by atoms with Crippen molar-refractivity contribution < 1.29 is 18.0 Å². The Hall–Kier alpha value is -2.35. The van der Waals surface area contributed by atoms with E-state index in [0.717, 1.165) is 44.8 Å². The number of alkyl halides is 3. The van der Waals surface area contributed by atoms with Gasteiger partial charge >= 0.3 is 6.18 Å². The highest BCUT2D eigenvalue weighted by atomic mass is 35.5. The molecule has 9 heteroatoms. The van der Waals surface area contributed by atoms with Gasteiger partial charge in [-0.15, -0.1) is 0 Å². The Morgan fingerprint density at radius 2 is 1.90 bits per heavy atom. The second-order valence-corrected chi connectivity index (χ2v) is 7.79. The summed E-state index contributed by atoms with van der Waals surface area (Å²) in [6.45, 7) is 1.47. The number of nitrogens with zero attached hydrogens (tertiary/aromatic N) is 4. The van der Waals surface area contributed by atoms with Crippen molar-refractivity contribution in [2.75, 3.05) is 18.0 Å². The molecule has 0 spiro atoms. The Morgan fingerprint density at radius 3 is 2.55 bits per heavy atom. The molecule has 1 saturated carbocycles. The first-order valence-electron chi connectivity index (χ1n) is 9.58. The standard InChI is InChI=1S/C20H20ClF3N4O/c21-16-11-25-19(27-9-3-4-10-27)26-17(16)18(29)28(14-7-8-14)12-13-5-1-2-6-15(13)20(22,23)24/h1-2,5-6,11,14H,3-4,7-10,12H2. The molecule has 5 nitrogen and oxygen atoms in total. The molecule has 1 amide bonds. The highest BCUT2D eigenvalue weighted by Gasteiger charge is 2.38. The van der Waals surface area contributed by atoms with Crippen molar-refractivity contribution in [2.24, 2.45) is 0 Å². The van der Waals surface area contributed by atoms with Gasteiger partial charge in [0.15, 0.2) is 5.69 Å². The predicted molar refractivity (Wildman–Crippen MR) is 103 cm³/mol. The molecule has 1 aliphatic carbocycles. The maximum atomic E-state index is 13.4. The number of aromatic nitrogens is 2. The van der Waals surface area contributed by atoms with Crippen LogP contribution in [0.25, 0.3) is 0 Å². The molecule has 0 radical (unpaired) electrons. The molecule has 0 bridgehead atoms. The minimum atomic E-state index is -4.48. The van der Waals surface area contributed by atoms with Crippen molar-refractivity contribution in [3.63, 3.8) is 0 Å². The maximum absolute atomic E-state index is 13.4. The molecule has 2 fully saturated rings. The van der Waals surface area contributed by atoms with Crippen LogP contribution in [0, 0.1) is 0 Å². The third-order valence-corrected chi connectivity index (χ3v) is 5.51. The molecular formula is C20H20ClF3N4O. The van der Waals surface area contributed by atoms with E-state index in [1.165, 1.54) is 23.2 Å². The summed E-state index contributed by atoms with van der Waals surface area (Å²) in [4.78, 5) is 25.2. The number of carbonyl (C=O) groups is 1. The van der Waals surface area contributed by atoms with Crippen molar-refractivity contribution in [1.29, 1.82) is 0 Å². The zero-order valence-corrected chi connectivity index (χ0v) is 16.4. The number of benzene rings is 1. The van der Waals surface area contributed by atoms with Gasteiger partial charge in [-0.1, -0.05) is 29.8 Å². The van der Waals surface area contributed by atoms with Crippen molar-refractivity contribution >= 4 is 23.5 Å². The quantitative estimate of drug-likeness (QED) is 0.706. The second kappa shape index (κ2) is 7.82. The van der Waals surface area contributed by atoms with Crippen LogP contribution < -0.4 is 4.90 Å². The monoisotopic (exact) mass is 424 g/mol. The summed E-state index contributed by atoms with van der Waals surface area (Å²) in [6.07, 6.45) is 0.465. The summed E-state index contributed by atoms with van der Waals surface area (Å²) < 4.78 is 40.1. The number of rotatable bonds is 5. The number of halogens is 4. The fourth-order valence-corrected chi connectivity index (χ4v) is 3.76. The Balaban J connectivity index is 1.64. The third kappa shape index (κ3) is 4.32. The van der Waals surface area contributed by atoms with Gasteiger partial charge in [0.25, 0.3) is 5.91 Å².